The summed E-state index contributed by atoms with van der Waals surface area (Å²) < 4.78 is 14.1. The molecule has 0 radical (unpaired) electrons. The van der Waals surface area contributed by atoms with Gasteiger partial charge in [-0.05, 0) is 12.1 Å². The van der Waals surface area contributed by atoms with Crippen molar-refractivity contribution in [2.45, 2.75) is 0 Å². The van der Waals surface area contributed by atoms with Crippen molar-refractivity contribution in [3.63, 3.8) is 0 Å². The number of carbonyl (C=O) groups excluding carboxylic acids is 2. The second kappa shape index (κ2) is 5.54. The van der Waals surface area contributed by atoms with E-state index in [1.165, 1.54) is 33.5 Å². The highest BCUT2D eigenvalue weighted by atomic mass is 35.5. The highest BCUT2D eigenvalue weighted by Gasteiger charge is 2.19. The van der Waals surface area contributed by atoms with Crippen LogP contribution in [0.5, 0.6) is 5.75 Å². The van der Waals surface area contributed by atoms with E-state index in [-0.39, 0.29) is 21.9 Å². The summed E-state index contributed by atoms with van der Waals surface area (Å²) in [6, 6.07) is 2.64. The van der Waals surface area contributed by atoms with Gasteiger partial charge in [-0.25, -0.2) is 9.59 Å². The van der Waals surface area contributed by atoms with Crippen molar-refractivity contribution in [2.24, 2.45) is 0 Å². The molecule has 0 aliphatic rings. The summed E-state index contributed by atoms with van der Waals surface area (Å²) in [6.07, 6.45) is 0. The summed E-state index contributed by atoms with van der Waals surface area (Å²) in [5.41, 5.74) is 0.270. The molecule has 0 amide bonds. The molecule has 1 rings (SSSR count). The molecule has 0 bridgehead atoms. The van der Waals surface area contributed by atoms with Crippen molar-refractivity contribution in [1.82, 2.24) is 0 Å². The maximum Gasteiger partial charge on any atom is 0.341 e. The molecule has 0 saturated heterocycles. The van der Waals surface area contributed by atoms with Crippen molar-refractivity contribution in [3.05, 3.63) is 28.3 Å². The molecule has 0 fully saturated rings. The number of hydrogen-bond donors (Lipinski definition) is 0. The van der Waals surface area contributed by atoms with Gasteiger partial charge in [0, 0.05) is 0 Å². The van der Waals surface area contributed by atoms with Crippen LogP contribution in [0.2, 0.25) is 5.02 Å². The number of carbonyl (C=O) groups is 2. The summed E-state index contributed by atoms with van der Waals surface area (Å²) in [6.45, 7) is 0. The van der Waals surface area contributed by atoms with Crippen LogP contribution in [0.15, 0.2) is 12.1 Å². The largest absolute Gasteiger partial charge is 0.496 e. The molecule has 0 spiro atoms. The fourth-order valence-electron chi connectivity index (χ4n) is 1.26. The zero-order chi connectivity index (χ0) is 13.0. The fourth-order valence-corrected chi connectivity index (χ4v) is 1.50. The summed E-state index contributed by atoms with van der Waals surface area (Å²) in [5.74, 6) is -1.01. The van der Waals surface area contributed by atoms with E-state index in [9.17, 15) is 9.59 Å². The first-order valence-electron chi connectivity index (χ1n) is 4.59. The van der Waals surface area contributed by atoms with E-state index in [1.807, 2.05) is 0 Å². The Balaban J connectivity index is 3.34. The molecule has 17 heavy (non-hydrogen) atoms. The number of ether oxygens (including phenoxy) is 3. The number of esters is 2. The van der Waals surface area contributed by atoms with Crippen LogP contribution >= 0.6 is 11.6 Å². The van der Waals surface area contributed by atoms with E-state index in [0.29, 0.717) is 0 Å². The average Bonchev–Trinajstić information content (AvgIpc) is 2.36. The zero-order valence-electron chi connectivity index (χ0n) is 9.57. The molecule has 0 aliphatic carbocycles. The van der Waals surface area contributed by atoms with Gasteiger partial charge in [0.15, 0.2) is 0 Å². The van der Waals surface area contributed by atoms with Gasteiger partial charge in [0.2, 0.25) is 0 Å². The third kappa shape index (κ3) is 2.68. The second-order valence-corrected chi connectivity index (χ2v) is 3.42. The summed E-state index contributed by atoms with van der Waals surface area (Å²) in [5, 5.41) is 0.0954. The molecular formula is C11H11ClO5. The number of hydrogen-bond acceptors (Lipinski definition) is 5. The van der Waals surface area contributed by atoms with Gasteiger partial charge in [0.05, 0.1) is 31.9 Å². The minimum atomic E-state index is -0.607. The zero-order valence-corrected chi connectivity index (χ0v) is 10.3. The molecule has 0 aromatic heterocycles. The van der Waals surface area contributed by atoms with E-state index in [0.717, 1.165) is 0 Å². The Morgan fingerprint density at radius 1 is 1.00 bits per heavy atom. The molecule has 0 saturated carbocycles. The Hall–Kier alpha value is -1.75. The number of benzene rings is 1. The molecule has 0 aliphatic heterocycles. The Morgan fingerprint density at radius 3 is 2.00 bits per heavy atom. The van der Waals surface area contributed by atoms with Gasteiger partial charge in [0.1, 0.15) is 11.3 Å². The van der Waals surface area contributed by atoms with Gasteiger partial charge in [-0.3, -0.25) is 0 Å². The smallest absolute Gasteiger partial charge is 0.341 e. The maximum absolute atomic E-state index is 11.4. The van der Waals surface area contributed by atoms with Crippen LogP contribution in [0.3, 0.4) is 0 Å². The quantitative estimate of drug-likeness (QED) is 0.775. The lowest BCUT2D eigenvalue weighted by molar-refractivity contribution is 0.0583. The Bertz CT molecular complexity index is 455. The summed E-state index contributed by atoms with van der Waals surface area (Å²) >= 11 is 5.87. The molecular weight excluding hydrogens is 248 g/mol. The Morgan fingerprint density at radius 2 is 1.53 bits per heavy atom. The minimum Gasteiger partial charge on any atom is -0.496 e. The van der Waals surface area contributed by atoms with Crippen LogP contribution in [0, 0.1) is 0 Å². The molecule has 0 atom stereocenters. The first kappa shape index (κ1) is 13.3. The summed E-state index contributed by atoms with van der Waals surface area (Å²) in [4.78, 5) is 22.8. The van der Waals surface area contributed by atoms with Gasteiger partial charge in [-0.1, -0.05) is 11.6 Å². The van der Waals surface area contributed by atoms with Gasteiger partial charge in [-0.15, -0.1) is 0 Å². The van der Waals surface area contributed by atoms with Gasteiger partial charge in [-0.2, -0.15) is 0 Å². The first-order chi connectivity index (χ1) is 8.04. The van der Waals surface area contributed by atoms with Crippen LogP contribution in [0.1, 0.15) is 20.7 Å². The topological polar surface area (TPSA) is 61.8 Å². The van der Waals surface area contributed by atoms with Crippen molar-refractivity contribution >= 4 is 23.5 Å². The van der Waals surface area contributed by atoms with Crippen molar-refractivity contribution < 1.29 is 23.8 Å². The number of halogens is 1. The maximum atomic E-state index is 11.4. The monoisotopic (exact) mass is 258 g/mol. The second-order valence-electron chi connectivity index (χ2n) is 3.02. The lowest BCUT2D eigenvalue weighted by Gasteiger charge is -2.10. The van der Waals surface area contributed by atoms with Crippen LogP contribution < -0.4 is 4.74 Å². The molecule has 5 nitrogen and oxygen atoms in total. The molecule has 0 unspecified atom stereocenters. The predicted octanol–water partition coefficient (Wildman–Crippen LogP) is 1.92. The minimum absolute atomic E-state index is 0.0954. The molecule has 6 heteroatoms. The van der Waals surface area contributed by atoms with Crippen LogP contribution in [-0.2, 0) is 9.47 Å². The third-order valence-electron chi connectivity index (χ3n) is 2.10. The normalized spacial score (nSPS) is 9.65. The van der Waals surface area contributed by atoms with Gasteiger partial charge >= 0.3 is 11.9 Å². The molecule has 0 heterocycles. The van der Waals surface area contributed by atoms with Crippen molar-refractivity contribution in [3.8, 4) is 5.75 Å². The Kier molecular flexibility index (Phi) is 4.34. The first-order valence-corrected chi connectivity index (χ1v) is 4.97. The third-order valence-corrected chi connectivity index (χ3v) is 2.41. The molecule has 0 N–H and O–H groups in total. The standard InChI is InChI=1S/C11H11ClO5/c1-15-9-5-6(10(13)16-2)8(12)4-7(9)11(14)17-3/h4-5H,1-3H3. The lowest BCUT2D eigenvalue weighted by atomic mass is 10.1. The number of methoxy groups -OCH3 is 3. The van der Waals surface area contributed by atoms with Crippen LogP contribution in [0.4, 0.5) is 0 Å². The molecule has 92 valence electrons. The van der Waals surface area contributed by atoms with E-state index in [4.69, 9.17) is 16.3 Å². The summed E-state index contributed by atoms with van der Waals surface area (Å²) in [7, 11) is 3.85. The van der Waals surface area contributed by atoms with E-state index < -0.39 is 11.9 Å². The predicted molar refractivity (Wildman–Crippen MR) is 60.7 cm³/mol. The van der Waals surface area contributed by atoms with Crippen LogP contribution in [-0.4, -0.2) is 33.3 Å². The average molecular weight is 259 g/mol. The van der Waals surface area contributed by atoms with Gasteiger partial charge < -0.3 is 14.2 Å². The highest BCUT2D eigenvalue weighted by Crippen LogP contribution is 2.28. The Labute approximate surface area is 103 Å². The van der Waals surface area contributed by atoms with E-state index in [1.54, 1.807) is 0 Å². The lowest BCUT2D eigenvalue weighted by Crippen LogP contribution is -2.08. The van der Waals surface area contributed by atoms with Crippen molar-refractivity contribution in [1.29, 1.82) is 0 Å². The SMILES string of the molecule is COC(=O)c1cc(OC)c(C(=O)OC)cc1Cl. The highest BCUT2D eigenvalue weighted by molar-refractivity contribution is 6.34. The van der Waals surface area contributed by atoms with E-state index >= 15 is 0 Å². The molecule has 1 aromatic rings. The molecule has 1 aromatic carbocycles. The van der Waals surface area contributed by atoms with Gasteiger partial charge in [0.25, 0.3) is 0 Å². The van der Waals surface area contributed by atoms with Crippen molar-refractivity contribution in [2.75, 3.05) is 21.3 Å². The van der Waals surface area contributed by atoms with E-state index in [2.05, 4.69) is 9.47 Å². The number of rotatable bonds is 3. The van der Waals surface area contributed by atoms with Crippen LogP contribution in [0.25, 0.3) is 0 Å². The fraction of sp³-hybridized carbons (Fsp3) is 0.273.